The monoisotopic (exact) mass is 290 g/mol. The molecule has 21 heavy (non-hydrogen) atoms. The molecule has 0 spiro atoms. The van der Waals surface area contributed by atoms with Gasteiger partial charge in [-0.3, -0.25) is 0 Å². The number of rotatable bonds is 6. The summed E-state index contributed by atoms with van der Waals surface area (Å²) in [6.45, 7) is 2.41. The number of ether oxygens (including phenoxy) is 3. The molecule has 4 nitrogen and oxygen atoms in total. The second kappa shape index (κ2) is 9.41. The van der Waals surface area contributed by atoms with E-state index in [2.05, 4.69) is 11.8 Å². The summed E-state index contributed by atoms with van der Waals surface area (Å²) in [7, 11) is 0. The maximum absolute atomic E-state index is 8.67. The number of hydrogen-bond acceptors (Lipinski definition) is 4. The lowest BCUT2D eigenvalue weighted by atomic mass is 10.1. The van der Waals surface area contributed by atoms with Crippen LogP contribution in [0.2, 0.25) is 0 Å². The molecular weight excluding hydrogens is 268 g/mol. The van der Waals surface area contributed by atoms with Crippen LogP contribution in [0.3, 0.4) is 0 Å². The Kier molecular flexibility index (Phi) is 7.10. The molecule has 2 rings (SSSR count). The minimum atomic E-state index is -0.137. The van der Waals surface area contributed by atoms with Crippen molar-refractivity contribution in [3.05, 3.63) is 29.8 Å². The van der Waals surface area contributed by atoms with Crippen LogP contribution in [-0.2, 0) is 9.47 Å². The average Bonchev–Trinajstić information content (AvgIpc) is 2.54. The molecule has 1 aliphatic heterocycles. The summed E-state index contributed by atoms with van der Waals surface area (Å²) >= 11 is 0. The lowest BCUT2D eigenvalue weighted by molar-refractivity contribution is -0.0444. The molecule has 1 atom stereocenters. The highest BCUT2D eigenvalue weighted by molar-refractivity contribution is 5.39. The topological polar surface area (TPSA) is 47.9 Å². The van der Waals surface area contributed by atoms with Gasteiger partial charge in [0.2, 0.25) is 0 Å². The van der Waals surface area contributed by atoms with Gasteiger partial charge in [0.05, 0.1) is 19.3 Å². The average molecular weight is 290 g/mol. The Morgan fingerprint density at radius 3 is 3.05 bits per heavy atom. The van der Waals surface area contributed by atoms with Gasteiger partial charge in [0.1, 0.15) is 19.0 Å². The minimum Gasteiger partial charge on any atom is -0.491 e. The number of benzene rings is 1. The van der Waals surface area contributed by atoms with Gasteiger partial charge in [0, 0.05) is 12.2 Å². The molecule has 1 fully saturated rings. The molecule has 1 saturated heterocycles. The molecule has 114 valence electrons. The van der Waals surface area contributed by atoms with E-state index in [4.69, 9.17) is 19.3 Å². The van der Waals surface area contributed by atoms with Crippen LogP contribution >= 0.6 is 0 Å². The summed E-state index contributed by atoms with van der Waals surface area (Å²) in [5.74, 6) is 6.23. The lowest BCUT2D eigenvalue weighted by Crippen LogP contribution is -2.25. The van der Waals surface area contributed by atoms with Crippen LogP contribution in [0.5, 0.6) is 5.75 Å². The molecule has 1 heterocycles. The van der Waals surface area contributed by atoms with Crippen molar-refractivity contribution in [1.82, 2.24) is 0 Å². The van der Waals surface area contributed by atoms with E-state index in [1.807, 2.05) is 24.3 Å². The van der Waals surface area contributed by atoms with Gasteiger partial charge in [-0.15, -0.1) is 0 Å². The van der Waals surface area contributed by atoms with E-state index in [9.17, 15) is 0 Å². The zero-order valence-electron chi connectivity index (χ0n) is 12.2. The van der Waals surface area contributed by atoms with Gasteiger partial charge in [-0.25, -0.2) is 0 Å². The maximum Gasteiger partial charge on any atom is 0.120 e. The largest absolute Gasteiger partial charge is 0.491 e. The van der Waals surface area contributed by atoms with Gasteiger partial charge in [0.15, 0.2) is 0 Å². The second-order valence-corrected chi connectivity index (χ2v) is 4.90. The Bertz CT molecular complexity index is 469. The van der Waals surface area contributed by atoms with Gasteiger partial charge in [-0.1, -0.05) is 17.9 Å². The fraction of sp³-hybridized carbons (Fsp3) is 0.529. The third-order valence-electron chi connectivity index (χ3n) is 3.22. The lowest BCUT2D eigenvalue weighted by Gasteiger charge is -2.22. The van der Waals surface area contributed by atoms with Crippen molar-refractivity contribution in [2.24, 2.45) is 0 Å². The minimum absolute atomic E-state index is 0.137. The molecule has 1 N–H and O–H groups in total. The van der Waals surface area contributed by atoms with E-state index >= 15 is 0 Å². The summed E-state index contributed by atoms with van der Waals surface area (Å²) < 4.78 is 16.8. The second-order valence-electron chi connectivity index (χ2n) is 4.90. The number of hydrogen-bond donors (Lipinski definition) is 1. The summed E-state index contributed by atoms with van der Waals surface area (Å²) in [6, 6.07) is 7.50. The highest BCUT2D eigenvalue weighted by Gasteiger charge is 2.13. The van der Waals surface area contributed by atoms with Gasteiger partial charge < -0.3 is 19.3 Å². The highest BCUT2D eigenvalue weighted by atomic mass is 16.5. The SMILES string of the molecule is OCC#Cc1cccc(OCCOCC2CCCCO2)c1. The van der Waals surface area contributed by atoms with Crippen molar-refractivity contribution >= 4 is 0 Å². The van der Waals surface area contributed by atoms with Gasteiger partial charge in [-0.05, 0) is 37.5 Å². The molecule has 1 aromatic carbocycles. The van der Waals surface area contributed by atoms with E-state index in [0.29, 0.717) is 19.8 Å². The predicted octanol–water partition coefficient (Wildman–Crippen LogP) is 1.99. The molecule has 0 bridgehead atoms. The first-order chi connectivity index (χ1) is 10.4. The molecule has 1 aromatic rings. The van der Waals surface area contributed by atoms with Crippen LogP contribution < -0.4 is 4.74 Å². The van der Waals surface area contributed by atoms with Crippen molar-refractivity contribution < 1.29 is 19.3 Å². The van der Waals surface area contributed by atoms with Crippen molar-refractivity contribution in [1.29, 1.82) is 0 Å². The first kappa shape index (κ1) is 15.8. The van der Waals surface area contributed by atoms with Crippen molar-refractivity contribution in [3.63, 3.8) is 0 Å². The van der Waals surface area contributed by atoms with Crippen molar-refractivity contribution in [3.8, 4) is 17.6 Å². The number of aliphatic hydroxyl groups is 1. The first-order valence-electron chi connectivity index (χ1n) is 7.40. The third-order valence-corrected chi connectivity index (χ3v) is 3.22. The van der Waals surface area contributed by atoms with Crippen molar-refractivity contribution in [2.75, 3.05) is 33.0 Å². The smallest absolute Gasteiger partial charge is 0.120 e. The molecule has 0 aliphatic carbocycles. The predicted molar refractivity (Wildman–Crippen MR) is 80.3 cm³/mol. The Labute approximate surface area is 126 Å². The van der Waals surface area contributed by atoms with Crippen LogP contribution in [0.1, 0.15) is 24.8 Å². The fourth-order valence-electron chi connectivity index (χ4n) is 2.18. The Balaban J connectivity index is 1.64. The van der Waals surface area contributed by atoms with E-state index < -0.39 is 0 Å². The quantitative estimate of drug-likeness (QED) is 0.643. The summed E-state index contributed by atoms with van der Waals surface area (Å²) in [5, 5.41) is 8.67. The Morgan fingerprint density at radius 2 is 2.24 bits per heavy atom. The molecule has 1 aliphatic rings. The standard InChI is InChI=1S/C17H22O4/c18-9-4-6-15-5-3-8-16(13-15)21-12-11-19-14-17-7-1-2-10-20-17/h3,5,8,13,17-18H,1-2,7,9-12,14H2. The normalized spacial score (nSPS) is 17.9. The first-order valence-corrected chi connectivity index (χ1v) is 7.40. The van der Waals surface area contributed by atoms with Gasteiger partial charge in [-0.2, -0.15) is 0 Å². The molecular formula is C17H22O4. The molecule has 0 saturated carbocycles. The summed E-state index contributed by atoms with van der Waals surface area (Å²) in [5.41, 5.74) is 0.832. The fourth-order valence-corrected chi connectivity index (χ4v) is 2.18. The molecule has 0 amide bonds. The van der Waals surface area contributed by atoms with Crippen LogP contribution in [0.4, 0.5) is 0 Å². The molecule has 1 unspecified atom stereocenters. The molecule has 0 aromatic heterocycles. The van der Waals surface area contributed by atoms with Crippen molar-refractivity contribution in [2.45, 2.75) is 25.4 Å². The summed E-state index contributed by atoms with van der Waals surface area (Å²) in [4.78, 5) is 0. The van der Waals surface area contributed by atoms with E-state index in [-0.39, 0.29) is 12.7 Å². The van der Waals surface area contributed by atoms with Gasteiger partial charge in [0.25, 0.3) is 0 Å². The van der Waals surface area contributed by atoms with Crippen LogP contribution in [0.15, 0.2) is 24.3 Å². The van der Waals surface area contributed by atoms with Gasteiger partial charge >= 0.3 is 0 Å². The van der Waals surface area contributed by atoms with Crippen LogP contribution in [-0.4, -0.2) is 44.2 Å². The zero-order chi connectivity index (χ0) is 14.8. The van der Waals surface area contributed by atoms with Crippen LogP contribution in [0.25, 0.3) is 0 Å². The highest BCUT2D eigenvalue weighted by Crippen LogP contribution is 2.14. The molecule has 4 heteroatoms. The molecule has 0 radical (unpaired) electrons. The van der Waals surface area contributed by atoms with E-state index in [0.717, 1.165) is 30.8 Å². The zero-order valence-corrected chi connectivity index (χ0v) is 12.2. The Morgan fingerprint density at radius 1 is 1.29 bits per heavy atom. The Hall–Kier alpha value is -1.54. The van der Waals surface area contributed by atoms with E-state index in [1.54, 1.807) is 0 Å². The third kappa shape index (κ3) is 6.17. The summed E-state index contributed by atoms with van der Waals surface area (Å²) in [6.07, 6.45) is 3.73. The van der Waals surface area contributed by atoms with Crippen LogP contribution in [0, 0.1) is 11.8 Å². The number of aliphatic hydroxyl groups excluding tert-OH is 1. The van der Waals surface area contributed by atoms with E-state index in [1.165, 1.54) is 6.42 Å². The maximum atomic E-state index is 8.67.